The molecule has 0 spiro atoms. The van der Waals surface area contributed by atoms with Crippen LogP contribution in [0.3, 0.4) is 0 Å². The second kappa shape index (κ2) is 9.52. The van der Waals surface area contributed by atoms with Gasteiger partial charge in [-0.25, -0.2) is 4.98 Å². The van der Waals surface area contributed by atoms with Gasteiger partial charge in [0.05, 0.1) is 13.7 Å². The van der Waals surface area contributed by atoms with E-state index in [1.807, 2.05) is 36.4 Å². The van der Waals surface area contributed by atoms with E-state index < -0.39 is 0 Å². The minimum atomic E-state index is -0.114. The van der Waals surface area contributed by atoms with Gasteiger partial charge in [0.15, 0.2) is 0 Å². The van der Waals surface area contributed by atoms with Gasteiger partial charge in [-0.1, -0.05) is 12.1 Å². The number of aromatic nitrogens is 3. The van der Waals surface area contributed by atoms with E-state index in [1.54, 1.807) is 30.0 Å². The fourth-order valence-corrected chi connectivity index (χ4v) is 4.19. The Balaban J connectivity index is 1.39. The first-order valence-electron chi connectivity index (χ1n) is 11.4. The zero-order valence-electron chi connectivity index (χ0n) is 19.4. The van der Waals surface area contributed by atoms with Gasteiger partial charge in [-0.2, -0.15) is 4.98 Å². The second-order valence-corrected chi connectivity index (χ2v) is 8.54. The van der Waals surface area contributed by atoms with Crippen molar-refractivity contribution >= 4 is 28.4 Å². The fraction of sp³-hybridized carbons (Fsp3) is 0.269. The van der Waals surface area contributed by atoms with Crippen LogP contribution in [0.25, 0.3) is 11.0 Å². The van der Waals surface area contributed by atoms with Crippen molar-refractivity contribution in [1.29, 1.82) is 0 Å². The number of ether oxygens (including phenoxy) is 1. The number of nitrogens with one attached hydrogen (secondary N) is 1. The zero-order chi connectivity index (χ0) is 23.5. The van der Waals surface area contributed by atoms with E-state index in [0.717, 1.165) is 48.6 Å². The minimum absolute atomic E-state index is 0.114. The summed E-state index contributed by atoms with van der Waals surface area (Å²) in [5.41, 5.74) is 3.54. The second-order valence-electron chi connectivity index (χ2n) is 8.54. The summed E-state index contributed by atoms with van der Waals surface area (Å²) in [6, 6.07) is 19.3. The van der Waals surface area contributed by atoms with Gasteiger partial charge in [-0.05, 0) is 55.1 Å². The zero-order valence-corrected chi connectivity index (χ0v) is 19.4. The number of piperazine rings is 1. The predicted molar refractivity (Wildman–Crippen MR) is 135 cm³/mol. The molecule has 0 aliphatic carbocycles. The number of nitrogens with zero attached hydrogens (tertiary/aromatic N) is 5. The number of benzene rings is 2. The summed E-state index contributed by atoms with van der Waals surface area (Å²) in [5.74, 6) is 1.20. The van der Waals surface area contributed by atoms with Crippen molar-refractivity contribution in [3.63, 3.8) is 0 Å². The van der Waals surface area contributed by atoms with Crippen molar-refractivity contribution in [3.8, 4) is 5.75 Å². The molecule has 174 valence electrons. The van der Waals surface area contributed by atoms with E-state index >= 15 is 0 Å². The lowest BCUT2D eigenvalue weighted by molar-refractivity contribution is 0.313. The van der Waals surface area contributed by atoms with Crippen LogP contribution < -0.4 is 20.5 Å². The van der Waals surface area contributed by atoms with Gasteiger partial charge in [0.1, 0.15) is 11.4 Å². The van der Waals surface area contributed by atoms with Gasteiger partial charge in [0, 0.05) is 55.2 Å². The SMILES string of the molecule is COc1cccc(Cn2c(=O)ccc3cnc(Nc4ccc(N5CCN(C)CC5)cc4)nc32)c1. The third kappa shape index (κ3) is 4.72. The van der Waals surface area contributed by atoms with E-state index in [0.29, 0.717) is 18.1 Å². The molecule has 0 saturated carbocycles. The van der Waals surface area contributed by atoms with Crippen molar-refractivity contribution in [2.75, 3.05) is 50.6 Å². The van der Waals surface area contributed by atoms with E-state index in [1.165, 1.54) is 5.69 Å². The maximum atomic E-state index is 12.7. The first kappa shape index (κ1) is 21.9. The molecule has 1 saturated heterocycles. The Kier molecular flexibility index (Phi) is 6.14. The number of pyridine rings is 1. The molecule has 5 rings (SSSR count). The third-order valence-electron chi connectivity index (χ3n) is 6.19. The fourth-order valence-electron chi connectivity index (χ4n) is 4.19. The number of likely N-dealkylation sites (N-methyl/N-ethyl adjacent to an activating group) is 1. The summed E-state index contributed by atoms with van der Waals surface area (Å²) in [4.78, 5) is 26.6. The summed E-state index contributed by atoms with van der Waals surface area (Å²) in [5, 5.41) is 4.08. The molecule has 0 amide bonds. The number of fused-ring (bicyclic) bond motifs is 1. The summed E-state index contributed by atoms with van der Waals surface area (Å²) in [6.45, 7) is 4.60. The van der Waals surface area contributed by atoms with Crippen LogP contribution in [0.4, 0.5) is 17.3 Å². The first-order chi connectivity index (χ1) is 16.6. The average molecular weight is 457 g/mol. The maximum absolute atomic E-state index is 12.7. The summed E-state index contributed by atoms with van der Waals surface area (Å²) in [6.07, 6.45) is 1.74. The van der Waals surface area contributed by atoms with Crippen LogP contribution in [0.15, 0.2) is 71.7 Å². The summed E-state index contributed by atoms with van der Waals surface area (Å²) in [7, 11) is 3.79. The molecule has 0 bridgehead atoms. The van der Waals surface area contributed by atoms with Crippen molar-refractivity contribution < 1.29 is 4.74 Å². The summed E-state index contributed by atoms with van der Waals surface area (Å²) >= 11 is 0. The Morgan fingerprint density at radius 1 is 1.00 bits per heavy atom. The molecule has 1 N–H and O–H groups in total. The van der Waals surface area contributed by atoms with Crippen LogP contribution >= 0.6 is 0 Å². The Bertz CT molecular complexity index is 1340. The molecule has 1 aliphatic rings. The van der Waals surface area contributed by atoms with Crippen LogP contribution in [0.1, 0.15) is 5.56 Å². The Hall–Kier alpha value is -3.91. The molecule has 1 fully saturated rings. The third-order valence-corrected chi connectivity index (χ3v) is 6.19. The first-order valence-corrected chi connectivity index (χ1v) is 11.4. The molecule has 0 unspecified atom stereocenters. The van der Waals surface area contributed by atoms with Gasteiger partial charge < -0.3 is 19.9 Å². The maximum Gasteiger partial charge on any atom is 0.252 e. The molecule has 0 atom stereocenters. The minimum Gasteiger partial charge on any atom is -0.497 e. The molecular formula is C26H28N6O2. The highest BCUT2D eigenvalue weighted by molar-refractivity contribution is 5.76. The Morgan fingerprint density at radius 2 is 1.79 bits per heavy atom. The van der Waals surface area contributed by atoms with Crippen LogP contribution in [0.5, 0.6) is 5.75 Å². The quantitative estimate of drug-likeness (QED) is 0.477. The Morgan fingerprint density at radius 3 is 2.56 bits per heavy atom. The number of methoxy groups -OCH3 is 1. The molecule has 1 aliphatic heterocycles. The normalized spacial score (nSPS) is 14.4. The van der Waals surface area contributed by atoms with Crippen molar-refractivity contribution in [1.82, 2.24) is 19.4 Å². The molecule has 8 nitrogen and oxygen atoms in total. The molecule has 34 heavy (non-hydrogen) atoms. The molecule has 3 heterocycles. The van der Waals surface area contributed by atoms with Gasteiger partial charge in [-0.15, -0.1) is 0 Å². The molecule has 4 aromatic rings. The highest BCUT2D eigenvalue weighted by Gasteiger charge is 2.14. The molecule has 2 aromatic heterocycles. The van der Waals surface area contributed by atoms with Crippen molar-refractivity contribution in [3.05, 3.63) is 82.8 Å². The van der Waals surface area contributed by atoms with E-state index in [2.05, 4.69) is 44.3 Å². The molecule has 2 aromatic carbocycles. The molecule has 0 radical (unpaired) electrons. The van der Waals surface area contributed by atoms with Crippen LogP contribution in [-0.2, 0) is 6.54 Å². The largest absolute Gasteiger partial charge is 0.497 e. The lowest BCUT2D eigenvalue weighted by Gasteiger charge is -2.34. The van der Waals surface area contributed by atoms with Gasteiger partial charge in [0.25, 0.3) is 5.56 Å². The highest BCUT2D eigenvalue weighted by atomic mass is 16.5. The smallest absolute Gasteiger partial charge is 0.252 e. The van der Waals surface area contributed by atoms with E-state index in [4.69, 9.17) is 4.74 Å². The molecule has 8 heteroatoms. The topological polar surface area (TPSA) is 75.5 Å². The number of hydrogen-bond donors (Lipinski definition) is 1. The predicted octanol–water partition coefficient (Wildman–Crippen LogP) is 3.34. The van der Waals surface area contributed by atoms with Crippen LogP contribution in [0.2, 0.25) is 0 Å². The lowest BCUT2D eigenvalue weighted by Crippen LogP contribution is -2.44. The molecular weight excluding hydrogens is 428 g/mol. The monoisotopic (exact) mass is 456 g/mol. The van der Waals surface area contributed by atoms with Crippen LogP contribution in [-0.4, -0.2) is 59.8 Å². The van der Waals surface area contributed by atoms with Crippen molar-refractivity contribution in [2.24, 2.45) is 0 Å². The summed E-state index contributed by atoms with van der Waals surface area (Å²) < 4.78 is 6.98. The average Bonchev–Trinajstić information content (AvgIpc) is 2.87. The van der Waals surface area contributed by atoms with E-state index in [-0.39, 0.29) is 5.56 Å². The number of hydrogen-bond acceptors (Lipinski definition) is 7. The van der Waals surface area contributed by atoms with E-state index in [9.17, 15) is 4.79 Å². The number of rotatable bonds is 6. The number of anilines is 3. The lowest BCUT2D eigenvalue weighted by atomic mass is 10.2. The van der Waals surface area contributed by atoms with Gasteiger partial charge >= 0.3 is 0 Å². The Labute approximate surface area is 198 Å². The van der Waals surface area contributed by atoms with Crippen molar-refractivity contribution in [2.45, 2.75) is 6.54 Å². The van der Waals surface area contributed by atoms with Crippen LogP contribution in [0, 0.1) is 0 Å². The highest BCUT2D eigenvalue weighted by Crippen LogP contribution is 2.22. The van der Waals surface area contributed by atoms with Gasteiger partial charge in [-0.3, -0.25) is 9.36 Å². The standard InChI is InChI=1S/C26H28N6O2/c1-30-12-14-31(15-13-30)22-9-7-21(8-10-22)28-26-27-17-20-6-11-24(33)32(25(20)29-26)18-19-4-3-5-23(16-19)34-2/h3-11,16-17H,12-15,18H2,1-2H3,(H,27,28,29). The van der Waals surface area contributed by atoms with Gasteiger partial charge in [0.2, 0.25) is 5.95 Å².